The Hall–Kier alpha value is -2.69. The van der Waals surface area contributed by atoms with E-state index in [4.69, 9.17) is 5.11 Å². The summed E-state index contributed by atoms with van der Waals surface area (Å²) in [7, 11) is 0. The van der Waals surface area contributed by atoms with E-state index in [-0.39, 0.29) is 12.2 Å². The lowest BCUT2D eigenvalue weighted by Gasteiger charge is -2.23. The predicted molar refractivity (Wildman–Crippen MR) is 96.0 cm³/mol. The van der Waals surface area contributed by atoms with Gasteiger partial charge < -0.3 is 42.2 Å². The minimum absolute atomic E-state index is 0.0503. The smallest absolute Gasteiger partial charge is 0.278 e. The average Bonchev–Trinajstić information content (AvgIpc) is 2.66. The molecule has 10 N–H and O–H groups in total. The van der Waals surface area contributed by atoms with Crippen molar-refractivity contribution in [3.05, 3.63) is 29.8 Å². The maximum Gasteiger partial charge on any atom is 0.278 e. The van der Waals surface area contributed by atoms with Crippen LogP contribution < -0.4 is 27.2 Å². The van der Waals surface area contributed by atoms with Crippen LogP contribution in [0.4, 0.5) is 0 Å². The van der Waals surface area contributed by atoms with Gasteiger partial charge in [0.2, 0.25) is 5.91 Å². The van der Waals surface area contributed by atoms with Crippen molar-refractivity contribution in [1.82, 2.24) is 10.6 Å². The topological polar surface area (TPSA) is 194 Å². The van der Waals surface area contributed by atoms with E-state index >= 15 is 0 Å². The normalized spacial score (nSPS) is 14.0. The molecule has 0 fully saturated rings. The fraction of sp³-hybridized carbons (Fsp3) is 0.500. The third-order valence-corrected chi connectivity index (χ3v) is 4.22. The summed E-state index contributed by atoms with van der Waals surface area (Å²) in [5, 5.41) is 34.1. The molecule has 0 aromatic heterocycles. The van der Waals surface area contributed by atoms with Crippen molar-refractivity contribution in [2.45, 2.75) is 43.8 Å². The fourth-order valence-electron chi connectivity index (χ4n) is 2.52. The number of rotatable bonds is 12. The van der Waals surface area contributed by atoms with E-state index in [1.54, 1.807) is 12.1 Å². The number of hydrogen-bond donors (Lipinski definition) is 6. The number of hydrogen-bond acceptors (Lipinski definition) is 6. The van der Waals surface area contributed by atoms with Crippen LogP contribution in [0.3, 0.4) is 0 Å². The number of aromatic hydroxyl groups is 1. The second-order valence-corrected chi connectivity index (χ2v) is 6.54. The average molecular weight is 397 g/mol. The number of aliphatic hydroxyl groups is 1. The number of phenolic OH excluding ortho intramolecular Hbond substituents is 1. The highest BCUT2D eigenvalue weighted by molar-refractivity contribution is 5.91. The number of carbonyl (C=O) groups is 3. The molecule has 0 saturated carbocycles. The standard InChI is InChI=1S/C18H28N4O6/c19-8-2-1-3-13(20)16(25)21-14(9-11-4-6-12(24)7-5-11)17(26)22-15(10-23)18(27)28/h4-7,13-15,23-24H,1-3,8-10,19-20H2,(H,21,25)(H,22,26)(H,27,28)/p+1/t13-,14-,15-/m0/s1. The summed E-state index contributed by atoms with van der Waals surface area (Å²) in [5.74, 6) is -2.78. The number of unbranched alkanes of at least 4 members (excludes halogenated alkanes) is 1. The van der Waals surface area contributed by atoms with Crippen molar-refractivity contribution in [1.29, 1.82) is 0 Å². The molecule has 0 unspecified atom stereocenters. The molecule has 10 nitrogen and oxygen atoms in total. The highest BCUT2D eigenvalue weighted by atomic mass is 16.4. The zero-order valence-corrected chi connectivity index (χ0v) is 15.7. The number of carboxylic acids is 1. The number of aliphatic hydroxyl groups excluding tert-OH is 1. The molecule has 156 valence electrons. The molecule has 0 bridgehead atoms. The van der Waals surface area contributed by atoms with Crippen LogP contribution in [0.2, 0.25) is 0 Å². The maximum atomic E-state index is 12.5. The van der Waals surface area contributed by atoms with E-state index in [0.717, 1.165) is 19.4 Å². The van der Waals surface area contributed by atoms with Crippen molar-refractivity contribution in [2.24, 2.45) is 0 Å². The number of aliphatic carboxylic acids is 1. The van der Waals surface area contributed by atoms with Gasteiger partial charge in [0.15, 0.2) is 6.04 Å². The third kappa shape index (κ3) is 7.91. The summed E-state index contributed by atoms with van der Waals surface area (Å²) in [6.45, 7) is -0.0804. The lowest BCUT2D eigenvalue weighted by molar-refractivity contribution is -0.406. The molecule has 0 radical (unpaired) electrons. The third-order valence-electron chi connectivity index (χ3n) is 4.22. The number of quaternary nitrogens is 2. The van der Waals surface area contributed by atoms with E-state index in [0.29, 0.717) is 12.0 Å². The summed E-state index contributed by atoms with van der Waals surface area (Å²) in [6, 6.07) is 2.80. The van der Waals surface area contributed by atoms with Crippen molar-refractivity contribution >= 4 is 17.8 Å². The summed E-state index contributed by atoms with van der Waals surface area (Å²) < 4.78 is 0. The molecule has 0 heterocycles. The highest BCUT2D eigenvalue weighted by Crippen LogP contribution is 2.12. The molecule has 0 aliphatic rings. The van der Waals surface area contributed by atoms with E-state index in [9.17, 15) is 24.6 Å². The molecular formula is C18H29N4O6+. The zero-order valence-electron chi connectivity index (χ0n) is 15.7. The van der Waals surface area contributed by atoms with Gasteiger partial charge in [-0.05, 0) is 30.5 Å². The fourth-order valence-corrected chi connectivity index (χ4v) is 2.52. The van der Waals surface area contributed by atoms with Crippen LogP contribution in [0, 0.1) is 0 Å². The largest absolute Gasteiger partial charge is 0.548 e. The number of carbonyl (C=O) groups excluding carboxylic acids is 3. The van der Waals surface area contributed by atoms with Gasteiger partial charge in [-0.25, -0.2) is 0 Å². The highest BCUT2D eigenvalue weighted by Gasteiger charge is 2.27. The van der Waals surface area contributed by atoms with Gasteiger partial charge in [-0.1, -0.05) is 12.1 Å². The van der Waals surface area contributed by atoms with Crippen molar-refractivity contribution in [3.63, 3.8) is 0 Å². The van der Waals surface area contributed by atoms with Crippen LogP contribution in [-0.2, 0) is 20.8 Å². The van der Waals surface area contributed by atoms with Crippen molar-refractivity contribution in [3.8, 4) is 5.75 Å². The maximum absolute atomic E-state index is 12.5. The first-order chi connectivity index (χ1) is 13.3. The van der Waals surface area contributed by atoms with Crippen LogP contribution in [0.15, 0.2) is 24.3 Å². The Morgan fingerprint density at radius 1 is 1.04 bits per heavy atom. The van der Waals surface area contributed by atoms with E-state index in [1.807, 2.05) is 0 Å². The molecule has 28 heavy (non-hydrogen) atoms. The molecule has 0 aliphatic heterocycles. The number of phenols is 1. The second-order valence-electron chi connectivity index (χ2n) is 6.54. The molecule has 1 aromatic carbocycles. The van der Waals surface area contributed by atoms with Gasteiger partial charge in [0.25, 0.3) is 5.91 Å². The van der Waals surface area contributed by atoms with Gasteiger partial charge >= 0.3 is 0 Å². The Kier molecular flexibility index (Phi) is 9.93. The summed E-state index contributed by atoms with van der Waals surface area (Å²) in [6.07, 6.45) is 2.24. The first kappa shape index (κ1) is 23.3. The van der Waals surface area contributed by atoms with Gasteiger partial charge in [-0.3, -0.25) is 9.59 Å². The lowest BCUT2D eigenvalue weighted by Crippen LogP contribution is -2.69. The first-order valence-electron chi connectivity index (χ1n) is 9.11. The minimum atomic E-state index is -1.63. The Labute approximate surface area is 162 Å². The van der Waals surface area contributed by atoms with Gasteiger partial charge in [0.05, 0.1) is 25.2 Å². The van der Waals surface area contributed by atoms with Gasteiger partial charge in [0.1, 0.15) is 11.8 Å². The van der Waals surface area contributed by atoms with Crippen LogP contribution in [-0.4, -0.2) is 59.3 Å². The molecule has 1 rings (SSSR count). The Bertz CT molecular complexity index is 652. The van der Waals surface area contributed by atoms with Crippen LogP contribution in [0.5, 0.6) is 5.75 Å². The number of carboxylic acid groups (broad SMARTS) is 1. The number of benzene rings is 1. The summed E-state index contributed by atoms with van der Waals surface area (Å²) in [5.41, 5.74) is 8.18. The van der Waals surface area contributed by atoms with E-state index < -0.39 is 42.5 Å². The van der Waals surface area contributed by atoms with E-state index in [1.165, 1.54) is 12.1 Å². The van der Waals surface area contributed by atoms with Crippen molar-refractivity contribution < 1.29 is 41.2 Å². The quantitative estimate of drug-likeness (QED) is 0.193. The molecule has 0 spiro atoms. The van der Waals surface area contributed by atoms with Crippen LogP contribution in [0.25, 0.3) is 0 Å². The Balaban J connectivity index is 2.87. The zero-order chi connectivity index (χ0) is 21.1. The predicted octanol–water partition coefficient (Wildman–Crippen LogP) is -4.33. The van der Waals surface area contributed by atoms with Crippen molar-refractivity contribution in [2.75, 3.05) is 13.2 Å². The molecule has 3 atom stereocenters. The monoisotopic (exact) mass is 397 g/mol. The molecular weight excluding hydrogens is 368 g/mol. The lowest BCUT2D eigenvalue weighted by atomic mass is 10.0. The Morgan fingerprint density at radius 2 is 1.64 bits per heavy atom. The second kappa shape index (κ2) is 11.9. The van der Waals surface area contributed by atoms with Gasteiger partial charge in [-0.2, -0.15) is 0 Å². The minimum Gasteiger partial charge on any atom is -0.548 e. The molecule has 2 amide bonds. The molecule has 0 saturated heterocycles. The molecule has 10 heteroatoms. The first-order valence-corrected chi connectivity index (χ1v) is 9.11. The number of amides is 2. The molecule has 0 aliphatic carbocycles. The van der Waals surface area contributed by atoms with Gasteiger partial charge in [-0.15, -0.1) is 0 Å². The molecule has 1 aromatic rings. The number of nitrogens with one attached hydrogen (secondary N) is 2. The van der Waals surface area contributed by atoms with E-state index in [2.05, 4.69) is 22.1 Å². The van der Waals surface area contributed by atoms with Crippen LogP contribution in [0.1, 0.15) is 24.8 Å². The Morgan fingerprint density at radius 3 is 2.18 bits per heavy atom. The summed E-state index contributed by atoms with van der Waals surface area (Å²) >= 11 is 0. The summed E-state index contributed by atoms with van der Waals surface area (Å²) in [4.78, 5) is 35.8. The van der Waals surface area contributed by atoms with Crippen LogP contribution >= 0.6 is 0 Å². The SMILES string of the molecule is [NH3+]CCCC[C@H]([NH3+])C(=O)N[C@@H](Cc1ccc(O)cc1)C(=O)N[C@@H](CO)C(=O)[O-]. The van der Waals surface area contributed by atoms with Gasteiger partial charge in [0, 0.05) is 12.8 Å².